The van der Waals surface area contributed by atoms with Crippen molar-refractivity contribution in [1.29, 1.82) is 0 Å². The van der Waals surface area contributed by atoms with Gasteiger partial charge in [0.15, 0.2) is 6.61 Å². The Bertz CT molecular complexity index is 817. The van der Waals surface area contributed by atoms with Crippen LogP contribution in [0.15, 0.2) is 24.3 Å². The Kier molecular flexibility index (Phi) is 6.05. The summed E-state index contributed by atoms with van der Waals surface area (Å²) in [6, 6.07) is 7.56. The first-order valence-corrected chi connectivity index (χ1v) is 8.00. The molecule has 1 heterocycles. The lowest BCUT2D eigenvalue weighted by molar-refractivity contribution is -0.127. The van der Waals surface area contributed by atoms with Gasteiger partial charge in [0.05, 0.1) is 23.3 Å². The summed E-state index contributed by atoms with van der Waals surface area (Å²) >= 11 is 0. The van der Waals surface area contributed by atoms with Crippen molar-refractivity contribution in [1.82, 2.24) is 15.6 Å². The predicted molar refractivity (Wildman–Crippen MR) is 93.2 cm³/mol. The number of benzene rings is 1. The van der Waals surface area contributed by atoms with E-state index in [9.17, 15) is 14.4 Å². The molecule has 0 fully saturated rings. The monoisotopic (exact) mass is 343 g/mol. The molecular weight excluding hydrogens is 322 g/mol. The van der Waals surface area contributed by atoms with Crippen LogP contribution in [0.4, 0.5) is 0 Å². The van der Waals surface area contributed by atoms with Gasteiger partial charge in [-0.2, -0.15) is 0 Å². The maximum absolute atomic E-state index is 12.5. The van der Waals surface area contributed by atoms with Gasteiger partial charge in [0, 0.05) is 12.4 Å². The molecule has 132 valence electrons. The largest absolute Gasteiger partial charge is 0.452 e. The van der Waals surface area contributed by atoms with Crippen molar-refractivity contribution in [3.63, 3.8) is 0 Å². The number of rotatable bonds is 6. The number of nitrogens with zero attached hydrogens (tertiary/aromatic N) is 1. The number of carbonyl (C=O) groups excluding carboxylic acids is 3. The Labute approximate surface area is 145 Å². The van der Waals surface area contributed by atoms with Crippen molar-refractivity contribution in [2.45, 2.75) is 20.3 Å². The lowest BCUT2D eigenvalue weighted by Crippen LogP contribution is -2.37. The predicted octanol–water partition coefficient (Wildman–Crippen LogP) is 1.12. The van der Waals surface area contributed by atoms with Gasteiger partial charge < -0.3 is 15.4 Å². The van der Waals surface area contributed by atoms with Gasteiger partial charge in [0.2, 0.25) is 5.91 Å². The van der Waals surface area contributed by atoms with Crippen molar-refractivity contribution in [2.75, 3.05) is 20.2 Å². The zero-order valence-corrected chi connectivity index (χ0v) is 14.5. The van der Waals surface area contributed by atoms with Crippen molar-refractivity contribution < 1.29 is 19.1 Å². The van der Waals surface area contributed by atoms with Gasteiger partial charge in [-0.1, -0.05) is 25.1 Å². The number of aromatic nitrogens is 1. The van der Waals surface area contributed by atoms with Crippen LogP contribution in [0, 0.1) is 6.92 Å². The number of fused-ring (bicyclic) bond motifs is 1. The van der Waals surface area contributed by atoms with E-state index in [0.717, 1.165) is 16.5 Å². The first kappa shape index (κ1) is 18.4. The van der Waals surface area contributed by atoms with E-state index in [1.807, 2.05) is 38.1 Å². The number of aryl methyl sites for hydroxylation is 2. The molecule has 0 saturated heterocycles. The lowest BCUT2D eigenvalue weighted by atomic mass is 10.0. The molecule has 0 saturated carbocycles. The summed E-state index contributed by atoms with van der Waals surface area (Å²) in [6.07, 6.45) is 0.568. The van der Waals surface area contributed by atoms with Crippen LogP contribution in [0.1, 0.15) is 28.5 Å². The van der Waals surface area contributed by atoms with Gasteiger partial charge in [0.1, 0.15) is 0 Å². The highest BCUT2D eigenvalue weighted by Crippen LogP contribution is 2.23. The number of esters is 1. The fourth-order valence-corrected chi connectivity index (χ4v) is 2.49. The van der Waals surface area contributed by atoms with Gasteiger partial charge >= 0.3 is 5.97 Å². The summed E-state index contributed by atoms with van der Waals surface area (Å²) in [4.78, 5) is 39.7. The van der Waals surface area contributed by atoms with Gasteiger partial charge in [-0.15, -0.1) is 0 Å². The van der Waals surface area contributed by atoms with Crippen molar-refractivity contribution in [3.8, 4) is 0 Å². The molecule has 2 rings (SSSR count). The van der Waals surface area contributed by atoms with E-state index in [0.29, 0.717) is 17.7 Å². The van der Waals surface area contributed by atoms with E-state index in [1.165, 1.54) is 7.05 Å². The van der Waals surface area contributed by atoms with Crippen LogP contribution in [0.3, 0.4) is 0 Å². The number of para-hydroxylation sites is 1. The van der Waals surface area contributed by atoms with E-state index >= 15 is 0 Å². The third kappa shape index (κ3) is 4.32. The summed E-state index contributed by atoms with van der Waals surface area (Å²) in [6.45, 7) is 3.13. The standard InChI is InChI=1S/C18H21N3O4/c1-4-13-17(11(2)12-7-5-6-8-14(12)21-13)18(24)25-10-16(23)20-9-15(22)19-3/h5-8H,4,9-10H2,1-3H3,(H,19,22)(H,20,23). The molecule has 1 aromatic carbocycles. The second-order valence-electron chi connectivity index (χ2n) is 5.46. The quantitative estimate of drug-likeness (QED) is 0.766. The van der Waals surface area contributed by atoms with Crippen LogP contribution >= 0.6 is 0 Å². The minimum absolute atomic E-state index is 0.163. The third-order valence-electron chi connectivity index (χ3n) is 3.83. The zero-order valence-electron chi connectivity index (χ0n) is 14.5. The molecule has 7 nitrogen and oxygen atoms in total. The molecule has 1 aromatic heterocycles. The summed E-state index contributed by atoms with van der Waals surface area (Å²) in [5.74, 6) is -1.47. The second kappa shape index (κ2) is 8.23. The third-order valence-corrected chi connectivity index (χ3v) is 3.83. The average Bonchev–Trinajstić information content (AvgIpc) is 2.63. The number of ether oxygens (including phenoxy) is 1. The Morgan fingerprint density at radius 2 is 1.88 bits per heavy atom. The molecular formula is C18H21N3O4. The number of hydrogen-bond acceptors (Lipinski definition) is 5. The zero-order chi connectivity index (χ0) is 18.4. The summed E-state index contributed by atoms with van der Waals surface area (Å²) in [5, 5.41) is 5.62. The minimum atomic E-state index is -0.595. The number of hydrogen-bond donors (Lipinski definition) is 2. The minimum Gasteiger partial charge on any atom is -0.452 e. The average molecular weight is 343 g/mol. The first-order valence-electron chi connectivity index (χ1n) is 8.00. The summed E-state index contributed by atoms with van der Waals surface area (Å²) < 4.78 is 5.11. The molecule has 0 aliphatic carbocycles. The van der Waals surface area contributed by atoms with Crippen LogP contribution in [-0.4, -0.2) is 43.0 Å². The molecule has 0 unspecified atom stereocenters. The van der Waals surface area contributed by atoms with Crippen LogP contribution in [0.5, 0.6) is 0 Å². The maximum atomic E-state index is 12.5. The highest BCUT2D eigenvalue weighted by molar-refractivity contribution is 5.99. The number of likely N-dealkylation sites (N-methyl/N-ethyl adjacent to an activating group) is 1. The fourth-order valence-electron chi connectivity index (χ4n) is 2.49. The highest BCUT2D eigenvalue weighted by atomic mass is 16.5. The number of nitrogens with one attached hydrogen (secondary N) is 2. The molecule has 0 aliphatic rings. The van der Waals surface area contributed by atoms with Crippen LogP contribution in [0.25, 0.3) is 10.9 Å². The summed E-state index contributed by atoms with van der Waals surface area (Å²) in [5.41, 5.74) is 2.61. The molecule has 0 aliphatic heterocycles. The van der Waals surface area contributed by atoms with Crippen molar-refractivity contribution >= 4 is 28.7 Å². The van der Waals surface area contributed by atoms with E-state index in [2.05, 4.69) is 15.6 Å². The molecule has 2 aromatic rings. The number of carbonyl (C=O) groups is 3. The smallest absolute Gasteiger partial charge is 0.340 e. The Morgan fingerprint density at radius 1 is 1.16 bits per heavy atom. The Morgan fingerprint density at radius 3 is 2.56 bits per heavy atom. The van der Waals surface area contributed by atoms with Crippen molar-refractivity contribution in [2.24, 2.45) is 0 Å². The molecule has 25 heavy (non-hydrogen) atoms. The van der Waals surface area contributed by atoms with Gasteiger partial charge in [-0.05, 0) is 25.0 Å². The molecule has 2 amide bonds. The molecule has 7 heteroatoms. The van der Waals surface area contributed by atoms with E-state index in [4.69, 9.17) is 4.74 Å². The Hall–Kier alpha value is -2.96. The van der Waals surface area contributed by atoms with Crippen LogP contribution in [0.2, 0.25) is 0 Å². The molecule has 0 atom stereocenters. The normalized spacial score (nSPS) is 10.4. The second-order valence-corrected chi connectivity index (χ2v) is 5.46. The van der Waals surface area contributed by atoms with Crippen molar-refractivity contribution in [3.05, 3.63) is 41.1 Å². The summed E-state index contributed by atoms with van der Waals surface area (Å²) in [7, 11) is 1.47. The molecule has 0 spiro atoms. The van der Waals surface area contributed by atoms with Gasteiger partial charge in [-0.25, -0.2) is 4.79 Å². The molecule has 0 bridgehead atoms. The maximum Gasteiger partial charge on any atom is 0.340 e. The lowest BCUT2D eigenvalue weighted by Gasteiger charge is -2.13. The van der Waals surface area contributed by atoms with Crippen LogP contribution < -0.4 is 10.6 Å². The first-order chi connectivity index (χ1) is 12.0. The Balaban J connectivity index is 2.15. The van der Waals surface area contributed by atoms with Crippen LogP contribution in [-0.2, 0) is 20.7 Å². The van der Waals surface area contributed by atoms with E-state index in [-0.39, 0.29) is 12.5 Å². The molecule has 0 radical (unpaired) electrons. The highest BCUT2D eigenvalue weighted by Gasteiger charge is 2.20. The van der Waals surface area contributed by atoms with Gasteiger partial charge in [0.25, 0.3) is 5.91 Å². The fraction of sp³-hybridized carbons (Fsp3) is 0.333. The van der Waals surface area contributed by atoms with E-state index in [1.54, 1.807) is 0 Å². The number of amides is 2. The van der Waals surface area contributed by atoms with E-state index < -0.39 is 18.5 Å². The SMILES string of the molecule is CCc1nc2ccccc2c(C)c1C(=O)OCC(=O)NCC(=O)NC. The number of pyridine rings is 1. The molecule has 2 N–H and O–H groups in total. The topological polar surface area (TPSA) is 97.4 Å². The van der Waals surface area contributed by atoms with Gasteiger partial charge in [-0.3, -0.25) is 14.6 Å².